The molecule has 2 aliphatic heterocycles. The van der Waals surface area contributed by atoms with Gasteiger partial charge in [-0.05, 0) is 52.7 Å². The Morgan fingerprint density at radius 2 is 1.79 bits per heavy atom. The maximum absolute atomic E-state index is 13.2. The topological polar surface area (TPSA) is 93.2 Å². The number of para-hydroxylation sites is 1. The first-order valence-electron chi connectivity index (χ1n) is 9.67. The molecule has 0 N–H and O–H groups in total. The van der Waals surface area contributed by atoms with Gasteiger partial charge in [-0.25, -0.2) is 14.8 Å². The molecule has 1 aromatic rings. The standard InChI is InChI=1S/C21H26N2O6/c1-20(2,3)29-17(25)15-11-8-12-22-18(26)21(4,19(27)23(15)22)13-16(24)28-14-9-6-5-7-10-14/h5-7,9-10,15H,8,11-13H2,1-4H3. The van der Waals surface area contributed by atoms with E-state index >= 15 is 0 Å². The second-order valence-corrected chi connectivity index (χ2v) is 8.57. The average molecular weight is 402 g/mol. The Bertz CT molecular complexity index is 831. The smallest absolute Gasteiger partial charge is 0.331 e. The summed E-state index contributed by atoms with van der Waals surface area (Å²) in [5, 5.41) is 2.45. The Balaban J connectivity index is 1.79. The van der Waals surface area contributed by atoms with Crippen LogP contribution in [0.2, 0.25) is 0 Å². The summed E-state index contributed by atoms with van der Waals surface area (Å²) in [5.74, 6) is -1.98. The van der Waals surface area contributed by atoms with E-state index in [1.54, 1.807) is 51.1 Å². The molecule has 8 heteroatoms. The molecule has 29 heavy (non-hydrogen) atoms. The van der Waals surface area contributed by atoms with E-state index in [2.05, 4.69) is 0 Å². The van der Waals surface area contributed by atoms with Gasteiger partial charge in [0, 0.05) is 6.54 Å². The van der Waals surface area contributed by atoms with Crippen LogP contribution in [-0.4, -0.2) is 52.0 Å². The van der Waals surface area contributed by atoms with Crippen molar-refractivity contribution in [3.8, 4) is 5.75 Å². The number of benzene rings is 1. The SMILES string of the molecule is CC(C)(C)OC(=O)C1CCCN2C(=O)C(C)(CC(=O)Oc3ccccc3)C(=O)N12. The van der Waals surface area contributed by atoms with Crippen LogP contribution in [0.3, 0.4) is 0 Å². The normalized spacial score (nSPS) is 24.3. The number of amides is 2. The number of rotatable bonds is 4. The maximum atomic E-state index is 13.2. The molecule has 0 aliphatic carbocycles. The maximum Gasteiger partial charge on any atom is 0.331 e. The average Bonchev–Trinajstić information content (AvgIpc) is 2.82. The van der Waals surface area contributed by atoms with Gasteiger partial charge in [0.1, 0.15) is 16.8 Å². The van der Waals surface area contributed by atoms with Gasteiger partial charge in [0.05, 0.1) is 6.42 Å². The van der Waals surface area contributed by atoms with Crippen LogP contribution >= 0.6 is 0 Å². The minimum Gasteiger partial charge on any atom is -0.458 e. The van der Waals surface area contributed by atoms with Crippen LogP contribution < -0.4 is 4.74 Å². The molecule has 0 saturated carbocycles. The highest BCUT2D eigenvalue weighted by atomic mass is 16.6. The van der Waals surface area contributed by atoms with Crippen molar-refractivity contribution in [2.75, 3.05) is 6.54 Å². The van der Waals surface area contributed by atoms with E-state index in [1.807, 2.05) is 0 Å². The first-order valence-corrected chi connectivity index (χ1v) is 9.67. The first kappa shape index (κ1) is 20.8. The summed E-state index contributed by atoms with van der Waals surface area (Å²) in [6, 6.07) is 7.56. The summed E-state index contributed by atoms with van der Waals surface area (Å²) in [6.07, 6.45) is 0.548. The molecule has 0 radical (unpaired) electrons. The number of esters is 2. The van der Waals surface area contributed by atoms with Crippen molar-refractivity contribution in [2.45, 2.75) is 58.6 Å². The highest BCUT2D eigenvalue weighted by molar-refractivity contribution is 6.12. The number of ether oxygens (including phenoxy) is 2. The lowest BCUT2D eigenvalue weighted by Gasteiger charge is -2.38. The monoisotopic (exact) mass is 402 g/mol. The van der Waals surface area contributed by atoms with Crippen LogP contribution in [-0.2, 0) is 23.9 Å². The fraction of sp³-hybridized carbons (Fsp3) is 0.524. The molecule has 2 atom stereocenters. The van der Waals surface area contributed by atoms with Gasteiger partial charge in [-0.15, -0.1) is 0 Å². The Kier molecular flexibility index (Phi) is 5.38. The van der Waals surface area contributed by atoms with Crippen LogP contribution in [0.1, 0.15) is 47.0 Å². The number of carbonyl (C=O) groups is 4. The largest absolute Gasteiger partial charge is 0.458 e. The highest BCUT2D eigenvalue weighted by Crippen LogP contribution is 2.39. The summed E-state index contributed by atoms with van der Waals surface area (Å²) >= 11 is 0. The summed E-state index contributed by atoms with van der Waals surface area (Å²) < 4.78 is 10.7. The molecule has 2 heterocycles. The Labute approximate surface area is 169 Å². The quantitative estimate of drug-likeness (QED) is 0.435. The third kappa shape index (κ3) is 4.11. The molecular weight excluding hydrogens is 376 g/mol. The lowest BCUT2D eigenvalue weighted by Crippen LogP contribution is -2.55. The van der Waals surface area contributed by atoms with E-state index in [-0.39, 0.29) is 0 Å². The van der Waals surface area contributed by atoms with Crippen LogP contribution in [0.25, 0.3) is 0 Å². The van der Waals surface area contributed by atoms with Gasteiger partial charge < -0.3 is 9.47 Å². The van der Waals surface area contributed by atoms with Gasteiger partial charge >= 0.3 is 11.9 Å². The molecule has 2 aliphatic rings. The van der Waals surface area contributed by atoms with Gasteiger partial charge in [0.2, 0.25) is 0 Å². The highest BCUT2D eigenvalue weighted by Gasteiger charge is 2.60. The van der Waals surface area contributed by atoms with E-state index in [9.17, 15) is 19.2 Å². The number of hydrogen-bond donors (Lipinski definition) is 0. The predicted octanol–water partition coefficient (Wildman–Crippen LogP) is 2.08. The molecule has 2 unspecified atom stereocenters. The van der Waals surface area contributed by atoms with Gasteiger partial charge in [0.15, 0.2) is 6.04 Å². The van der Waals surface area contributed by atoms with Crippen LogP contribution in [0, 0.1) is 5.41 Å². The van der Waals surface area contributed by atoms with E-state index in [1.165, 1.54) is 16.9 Å². The lowest BCUT2D eigenvalue weighted by molar-refractivity contribution is -0.179. The van der Waals surface area contributed by atoms with Gasteiger partial charge in [-0.3, -0.25) is 14.4 Å². The van der Waals surface area contributed by atoms with E-state index in [4.69, 9.17) is 9.47 Å². The van der Waals surface area contributed by atoms with Crippen LogP contribution in [0.4, 0.5) is 0 Å². The summed E-state index contributed by atoms with van der Waals surface area (Å²) in [7, 11) is 0. The number of carbonyl (C=O) groups excluding carboxylic acids is 4. The van der Waals surface area contributed by atoms with Crippen molar-refractivity contribution in [1.29, 1.82) is 0 Å². The zero-order valence-electron chi connectivity index (χ0n) is 17.1. The van der Waals surface area contributed by atoms with Crippen molar-refractivity contribution in [3.63, 3.8) is 0 Å². The van der Waals surface area contributed by atoms with Crippen LogP contribution in [0.15, 0.2) is 30.3 Å². The van der Waals surface area contributed by atoms with Crippen molar-refractivity contribution in [2.24, 2.45) is 5.41 Å². The van der Waals surface area contributed by atoms with E-state index in [0.717, 1.165) is 0 Å². The first-order chi connectivity index (χ1) is 13.5. The molecule has 156 valence electrons. The van der Waals surface area contributed by atoms with Crippen molar-refractivity contribution >= 4 is 23.8 Å². The molecule has 2 saturated heterocycles. The summed E-state index contributed by atoms with van der Waals surface area (Å²) in [5.41, 5.74) is -2.33. The molecule has 2 amide bonds. The fourth-order valence-corrected chi connectivity index (χ4v) is 3.60. The van der Waals surface area contributed by atoms with Crippen molar-refractivity contribution < 1.29 is 28.7 Å². The van der Waals surface area contributed by atoms with Gasteiger partial charge in [-0.2, -0.15) is 0 Å². The van der Waals surface area contributed by atoms with Gasteiger partial charge in [0.25, 0.3) is 11.8 Å². The minimum absolute atomic E-state index is 0.313. The molecule has 0 spiro atoms. The molecule has 3 rings (SSSR count). The van der Waals surface area contributed by atoms with Crippen molar-refractivity contribution in [3.05, 3.63) is 30.3 Å². The molecule has 1 aromatic carbocycles. The van der Waals surface area contributed by atoms with Gasteiger partial charge in [-0.1, -0.05) is 18.2 Å². The van der Waals surface area contributed by atoms with E-state index in [0.29, 0.717) is 25.1 Å². The zero-order valence-corrected chi connectivity index (χ0v) is 17.1. The Hall–Kier alpha value is -2.90. The summed E-state index contributed by atoms with van der Waals surface area (Å²) in [6.45, 7) is 6.96. The zero-order chi connectivity index (χ0) is 21.4. The predicted molar refractivity (Wildman–Crippen MR) is 102 cm³/mol. The third-order valence-corrected chi connectivity index (χ3v) is 4.94. The molecule has 2 fully saturated rings. The number of fused-ring (bicyclic) bond motifs is 1. The molecular formula is C21H26N2O6. The third-order valence-electron chi connectivity index (χ3n) is 4.94. The molecule has 0 aromatic heterocycles. The second-order valence-electron chi connectivity index (χ2n) is 8.57. The number of hydrogen-bond acceptors (Lipinski definition) is 6. The molecule has 0 bridgehead atoms. The number of hydrazine groups is 1. The minimum atomic E-state index is -1.61. The number of nitrogens with zero attached hydrogens (tertiary/aromatic N) is 2. The Morgan fingerprint density at radius 3 is 2.41 bits per heavy atom. The molecule has 8 nitrogen and oxygen atoms in total. The second kappa shape index (κ2) is 7.50. The van der Waals surface area contributed by atoms with E-state index < -0.39 is 47.2 Å². The Morgan fingerprint density at radius 1 is 1.14 bits per heavy atom. The lowest BCUT2D eigenvalue weighted by atomic mass is 9.86. The van der Waals surface area contributed by atoms with Crippen molar-refractivity contribution in [1.82, 2.24) is 10.0 Å². The summed E-state index contributed by atoms with van der Waals surface area (Å²) in [4.78, 5) is 51.3. The van der Waals surface area contributed by atoms with Crippen LogP contribution in [0.5, 0.6) is 5.75 Å². The fourth-order valence-electron chi connectivity index (χ4n) is 3.60.